The zero-order valence-electron chi connectivity index (χ0n) is 13.7. The third-order valence-electron chi connectivity index (χ3n) is 3.41. The predicted octanol–water partition coefficient (Wildman–Crippen LogP) is 3.78. The number of primary amides is 1. The number of unbranched alkanes of at least 4 members (excludes halogenated alkanes) is 1. The number of aromatic amines is 1. The largest absolute Gasteiger partial charge is 0.365 e. The van der Waals surface area contributed by atoms with Gasteiger partial charge in [-0.2, -0.15) is 5.26 Å². The summed E-state index contributed by atoms with van der Waals surface area (Å²) in [5, 5.41) is 9.24. The van der Waals surface area contributed by atoms with Crippen LogP contribution in [0.3, 0.4) is 0 Å². The van der Waals surface area contributed by atoms with Gasteiger partial charge in [-0.25, -0.2) is 0 Å². The molecule has 0 aromatic carbocycles. The number of nitriles is 1. The number of amides is 1. The number of carbonyl (C=O) groups is 1. The van der Waals surface area contributed by atoms with E-state index in [1.54, 1.807) is 0 Å². The number of hydrogen-bond acceptors (Lipinski definition) is 3. The van der Waals surface area contributed by atoms with E-state index in [0.717, 1.165) is 43.6 Å². The van der Waals surface area contributed by atoms with Crippen molar-refractivity contribution < 1.29 is 4.79 Å². The topological polar surface area (TPSA) is 82.7 Å². The maximum atomic E-state index is 11.5. The van der Waals surface area contributed by atoms with E-state index in [1.807, 2.05) is 13.0 Å². The van der Waals surface area contributed by atoms with Crippen LogP contribution in [0.1, 0.15) is 57.0 Å². The number of nitrogens with zero attached hydrogens (tertiary/aromatic N) is 1. The van der Waals surface area contributed by atoms with Gasteiger partial charge in [0.25, 0.3) is 5.91 Å². The highest BCUT2D eigenvalue weighted by Crippen LogP contribution is 2.32. The third-order valence-corrected chi connectivity index (χ3v) is 4.41. The molecule has 3 N–H and O–H groups in total. The minimum atomic E-state index is -0.666. The molecular formula is C17H25N3OS. The van der Waals surface area contributed by atoms with E-state index in [4.69, 9.17) is 5.73 Å². The summed E-state index contributed by atoms with van der Waals surface area (Å²) in [7, 11) is 0. The van der Waals surface area contributed by atoms with Crippen molar-refractivity contribution in [1.82, 2.24) is 4.98 Å². The molecule has 1 aromatic heterocycles. The lowest BCUT2D eigenvalue weighted by atomic mass is 10.1. The van der Waals surface area contributed by atoms with E-state index in [9.17, 15) is 10.1 Å². The average molecular weight is 319 g/mol. The van der Waals surface area contributed by atoms with Crippen LogP contribution in [0.5, 0.6) is 0 Å². The monoisotopic (exact) mass is 319 g/mol. The Bertz CT molecular complexity index is 581. The molecule has 0 aliphatic carbocycles. The highest BCUT2D eigenvalue weighted by Gasteiger charge is 2.18. The van der Waals surface area contributed by atoms with Gasteiger partial charge in [0.1, 0.15) is 11.6 Å². The molecule has 0 saturated carbocycles. The highest BCUT2D eigenvalue weighted by molar-refractivity contribution is 8.08. The van der Waals surface area contributed by atoms with Crippen molar-refractivity contribution in [3.05, 3.63) is 28.6 Å². The van der Waals surface area contributed by atoms with Gasteiger partial charge in [0.05, 0.1) is 10.6 Å². The summed E-state index contributed by atoms with van der Waals surface area (Å²) in [4.78, 5) is 15.6. The first-order valence-electron chi connectivity index (χ1n) is 7.86. The van der Waals surface area contributed by atoms with Crippen molar-refractivity contribution in [2.75, 3.05) is 5.75 Å². The quantitative estimate of drug-likeness (QED) is 0.536. The molecule has 1 aromatic rings. The standard InChI is InChI=1S/C17H25N3OS/c1-4-7-9-14-12(8-5-2)10-15(20-14)16(22-6-3)13(11-18)17(19)21/h10,20H,4-9H2,1-3H3,(H2,19,21). The smallest absolute Gasteiger partial charge is 0.260 e. The molecule has 0 saturated heterocycles. The molecule has 0 spiro atoms. The van der Waals surface area contributed by atoms with Gasteiger partial charge in [0.2, 0.25) is 0 Å². The SMILES string of the molecule is CCCCc1[nH]c(C(SCC)=C(C#N)C(N)=O)cc1CCC. The molecule has 0 atom stereocenters. The molecule has 4 nitrogen and oxygen atoms in total. The van der Waals surface area contributed by atoms with Crippen molar-refractivity contribution in [3.63, 3.8) is 0 Å². The number of rotatable bonds is 9. The third kappa shape index (κ3) is 4.67. The van der Waals surface area contributed by atoms with Crippen molar-refractivity contribution in [3.8, 4) is 6.07 Å². The first kappa shape index (κ1) is 18.4. The molecule has 0 radical (unpaired) electrons. The van der Waals surface area contributed by atoms with Crippen LogP contribution in [0.4, 0.5) is 0 Å². The maximum absolute atomic E-state index is 11.5. The summed E-state index contributed by atoms with van der Waals surface area (Å²) < 4.78 is 0. The fourth-order valence-corrected chi connectivity index (χ4v) is 3.22. The Labute approximate surface area is 137 Å². The van der Waals surface area contributed by atoms with E-state index in [1.165, 1.54) is 23.0 Å². The number of thioether (sulfide) groups is 1. The van der Waals surface area contributed by atoms with Gasteiger partial charge in [-0.05, 0) is 36.6 Å². The first-order chi connectivity index (χ1) is 10.6. The maximum Gasteiger partial charge on any atom is 0.260 e. The number of aryl methyl sites for hydroxylation is 2. The predicted molar refractivity (Wildman–Crippen MR) is 93.3 cm³/mol. The lowest BCUT2D eigenvalue weighted by Gasteiger charge is -2.05. The molecule has 0 aliphatic heterocycles. The van der Waals surface area contributed by atoms with Crippen LogP contribution < -0.4 is 5.73 Å². The van der Waals surface area contributed by atoms with Crippen molar-refractivity contribution in [1.29, 1.82) is 5.26 Å². The minimum absolute atomic E-state index is 0.0400. The number of carbonyl (C=O) groups excluding carboxylic acids is 1. The summed E-state index contributed by atoms with van der Waals surface area (Å²) in [6.45, 7) is 6.31. The van der Waals surface area contributed by atoms with E-state index in [0.29, 0.717) is 4.91 Å². The number of nitrogens with one attached hydrogen (secondary N) is 1. The van der Waals surface area contributed by atoms with E-state index >= 15 is 0 Å². The second kappa shape index (κ2) is 9.37. The van der Waals surface area contributed by atoms with Crippen LogP contribution in [0, 0.1) is 11.3 Å². The number of aromatic nitrogens is 1. The molecule has 5 heteroatoms. The molecular weight excluding hydrogens is 294 g/mol. The normalized spacial score (nSPS) is 11.9. The Balaban J connectivity index is 3.31. The minimum Gasteiger partial charge on any atom is -0.365 e. The molecule has 1 amide bonds. The lowest BCUT2D eigenvalue weighted by Crippen LogP contribution is -2.14. The number of nitrogens with two attached hydrogens (primary N) is 1. The summed E-state index contributed by atoms with van der Waals surface area (Å²) >= 11 is 1.48. The molecule has 0 aliphatic rings. The van der Waals surface area contributed by atoms with Gasteiger partial charge in [-0.3, -0.25) is 4.79 Å². The second-order valence-corrected chi connectivity index (χ2v) is 6.43. The van der Waals surface area contributed by atoms with Crippen LogP contribution in [-0.4, -0.2) is 16.6 Å². The van der Waals surface area contributed by atoms with Crippen LogP contribution in [0.25, 0.3) is 4.91 Å². The highest BCUT2D eigenvalue weighted by atomic mass is 32.2. The molecule has 1 rings (SSSR count). The van der Waals surface area contributed by atoms with Gasteiger partial charge < -0.3 is 10.7 Å². The Hall–Kier alpha value is -1.67. The number of H-pyrrole nitrogens is 1. The van der Waals surface area contributed by atoms with Crippen LogP contribution in [0.2, 0.25) is 0 Å². The van der Waals surface area contributed by atoms with Crippen LogP contribution in [-0.2, 0) is 17.6 Å². The molecule has 1 heterocycles. The Kier molecular flexibility index (Phi) is 7.83. The molecule has 0 unspecified atom stereocenters. The van der Waals surface area contributed by atoms with Crippen molar-refractivity contribution >= 4 is 22.6 Å². The summed E-state index contributed by atoms with van der Waals surface area (Å²) in [5.41, 5.74) is 8.73. The van der Waals surface area contributed by atoms with Gasteiger partial charge in [0.15, 0.2) is 0 Å². The first-order valence-corrected chi connectivity index (χ1v) is 8.85. The molecule has 0 bridgehead atoms. The lowest BCUT2D eigenvalue weighted by molar-refractivity contribution is -0.114. The number of hydrogen-bond donors (Lipinski definition) is 2. The van der Waals surface area contributed by atoms with E-state index in [2.05, 4.69) is 24.9 Å². The van der Waals surface area contributed by atoms with Crippen LogP contribution in [0.15, 0.2) is 11.6 Å². The van der Waals surface area contributed by atoms with Gasteiger partial charge in [-0.1, -0.05) is 33.6 Å². The molecule has 22 heavy (non-hydrogen) atoms. The fourth-order valence-electron chi connectivity index (χ4n) is 2.38. The second-order valence-electron chi connectivity index (χ2n) is 5.15. The van der Waals surface area contributed by atoms with Gasteiger partial charge in [0, 0.05) is 5.69 Å². The summed E-state index contributed by atoms with van der Waals surface area (Å²) in [5.74, 6) is 0.112. The Morgan fingerprint density at radius 3 is 2.55 bits per heavy atom. The van der Waals surface area contributed by atoms with Gasteiger partial charge >= 0.3 is 0 Å². The molecule has 0 fully saturated rings. The summed E-state index contributed by atoms with van der Waals surface area (Å²) in [6, 6.07) is 4.03. The molecule has 120 valence electrons. The van der Waals surface area contributed by atoms with Crippen molar-refractivity contribution in [2.24, 2.45) is 5.73 Å². The average Bonchev–Trinajstić information content (AvgIpc) is 2.88. The van der Waals surface area contributed by atoms with Crippen LogP contribution >= 0.6 is 11.8 Å². The Morgan fingerprint density at radius 2 is 2.05 bits per heavy atom. The van der Waals surface area contributed by atoms with E-state index < -0.39 is 5.91 Å². The van der Waals surface area contributed by atoms with E-state index in [-0.39, 0.29) is 5.57 Å². The van der Waals surface area contributed by atoms with Crippen molar-refractivity contribution in [2.45, 2.75) is 52.9 Å². The zero-order valence-corrected chi connectivity index (χ0v) is 14.5. The summed E-state index contributed by atoms with van der Waals surface area (Å²) in [6.07, 6.45) is 5.32. The fraction of sp³-hybridized carbons (Fsp3) is 0.529. The van der Waals surface area contributed by atoms with Gasteiger partial charge in [-0.15, -0.1) is 11.8 Å². The zero-order chi connectivity index (χ0) is 16.5. The Morgan fingerprint density at radius 1 is 1.32 bits per heavy atom.